The zero-order chi connectivity index (χ0) is 32.6. The molecule has 3 N–H and O–H groups in total. The SMILES string of the molecule is Cc1nc(C(=O)NC2CCC(NC(=O)c3cc(F)cnc3Oc3cccc(-c4cccc(CCCN5CCNCC5)c4)c3)CC2)cs1. The van der Waals surface area contributed by atoms with Gasteiger partial charge in [-0.15, -0.1) is 11.3 Å². The minimum absolute atomic E-state index is 0.0117. The van der Waals surface area contributed by atoms with E-state index in [1.807, 2.05) is 25.1 Å². The van der Waals surface area contributed by atoms with Crippen LogP contribution in [-0.4, -0.2) is 71.5 Å². The number of piperazine rings is 1. The molecular weight excluding hydrogens is 616 g/mol. The summed E-state index contributed by atoms with van der Waals surface area (Å²) in [4.78, 5) is 36.8. The molecule has 2 aromatic carbocycles. The molecule has 47 heavy (non-hydrogen) atoms. The summed E-state index contributed by atoms with van der Waals surface area (Å²) < 4.78 is 20.4. The summed E-state index contributed by atoms with van der Waals surface area (Å²) in [6, 6.07) is 17.2. The number of rotatable bonds is 11. The first kappa shape index (κ1) is 32.7. The third kappa shape index (κ3) is 9.00. The molecule has 0 atom stereocenters. The van der Waals surface area contributed by atoms with Gasteiger partial charge in [0.05, 0.1) is 11.2 Å². The van der Waals surface area contributed by atoms with Crippen molar-refractivity contribution in [2.24, 2.45) is 0 Å². The van der Waals surface area contributed by atoms with Crippen LogP contribution in [0.1, 0.15) is 63.5 Å². The van der Waals surface area contributed by atoms with Gasteiger partial charge in [0, 0.05) is 43.6 Å². The fraction of sp³-hybridized carbons (Fsp3) is 0.389. The van der Waals surface area contributed by atoms with Crippen LogP contribution in [0.15, 0.2) is 66.2 Å². The highest BCUT2D eigenvalue weighted by atomic mass is 32.1. The number of halogens is 1. The smallest absolute Gasteiger partial charge is 0.270 e. The van der Waals surface area contributed by atoms with E-state index < -0.39 is 11.7 Å². The molecule has 0 bridgehead atoms. The van der Waals surface area contributed by atoms with Crippen LogP contribution in [-0.2, 0) is 6.42 Å². The molecule has 246 valence electrons. The number of nitrogens with zero attached hydrogens (tertiary/aromatic N) is 3. The van der Waals surface area contributed by atoms with Crippen molar-refractivity contribution in [1.82, 2.24) is 30.8 Å². The molecule has 1 saturated heterocycles. The van der Waals surface area contributed by atoms with E-state index in [-0.39, 0.29) is 29.4 Å². The van der Waals surface area contributed by atoms with Gasteiger partial charge in [-0.3, -0.25) is 9.59 Å². The van der Waals surface area contributed by atoms with Crippen LogP contribution >= 0.6 is 11.3 Å². The summed E-state index contributed by atoms with van der Waals surface area (Å²) in [6.07, 6.45) is 5.97. The van der Waals surface area contributed by atoms with Gasteiger partial charge in [-0.2, -0.15) is 0 Å². The van der Waals surface area contributed by atoms with Crippen LogP contribution in [0.3, 0.4) is 0 Å². The second kappa shape index (κ2) is 15.6. The standard InChI is InChI=1S/C36H41FN6O3S/c1-24-40-33(23-47-24)35(45)42-30-12-10-29(11-13-30)41-34(44)32-21-28(37)22-39-36(32)46-31-9-3-8-27(20-31)26-7-2-5-25(19-26)6-4-16-43-17-14-38-15-18-43/h2-3,5,7-9,19-23,29-30,38H,4,6,10-18H2,1H3,(H,41,44)(H,42,45). The second-order valence-electron chi connectivity index (χ2n) is 12.3. The highest BCUT2D eigenvalue weighted by molar-refractivity contribution is 7.09. The quantitative estimate of drug-likeness (QED) is 0.189. The monoisotopic (exact) mass is 656 g/mol. The number of pyridine rings is 1. The Morgan fingerprint density at radius 1 is 0.979 bits per heavy atom. The number of amides is 2. The summed E-state index contributed by atoms with van der Waals surface area (Å²) in [7, 11) is 0. The van der Waals surface area contributed by atoms with Gasteiger partial charge in [-0.25, -0.2) is 14.4 Å². The number of hydrogen-bond acceptors (Lipinski definition) is 8. The third-order valence-electron chi connectivity index (χ3n) is 8.77. The minimum Gasteiger partial charge on any atom is -0.438 e. The van der Waals surface area contributed by atoms with Crippen LogP contribution in [0.4, 0.5) is 4.39 Å². The average Bonchev–Trinajstić information content (AvgIpc) is 3.53. The third-order valence-corrected chi connectivity index (χ3v) is 9.54. The molecule has 1 saturated carbocycles. The number of aromatic nitrogens is 2. The molecule has 6 rings (SSSR count). The van der Waals surface area contributed by atoms with Gasteiger partial charge in [0.25, 0.3) is 11.8 Å². The van der Waals surface area contributed by atoms with Crippen LogP contribution in [0, 0.1) is 12.7 Å². The van der Waals surface area contributed by atoms with Gasteiger partial charge in [-0.1, -0.05) is 36.4 Å². The first-order valence-electron chi connectivity index (χ1n) is 16.4. The van der Waals surface area contributed by atoms with Crippen molar-refractivity contribution in [2.75, 3.05) is 32.7 Å². The highest BCUT2D eigenvalue weighted by Gasteiger charge is 2.26. The van der Waals surface area contributed by atoms with E-state index in [2.05, 4.69) is 55.1 Å². The highest BCUT2D eigenvalue weighted by Crippen LogP contribution is 2.30. The molecule has 1 aliphatic heterocycles. The van der Waals surface area contributed by atoms with E-state index in [0.717, 1.165) is 74.0 Å². The van der Waals surface area contributed by atoms with Crippen LogP contribution in [0.5, 0.6) is 11.6 Å². The lowest BCUT2D eigenvalue weighted by Crippen LogP contribution is -2.44. The van der Waals surface area contributed by atoms with Crippen LogP contribution in [0.25, 0.3) is 11.1 Å². The lowest BCUT2D eigenvalue weighted by atomic mass is 9.91. The molecule has 11 heteroatoms. The molecule has 2 aromatic heterocycles. The Kier molecular flexibility index (Phi) is 10.9. The largest absolute Gasteiger partial charge is 0.438 e. The molecule has 2 aliphatic rings. The zero-order valence-electron chi connectivity index (χ0n) is 26.6. The van der Waals surface area contributed by atoms with E-state index in [0.29, 0.717) is 37.1 Å². The number of ether oxygens (including phenoxy) is 1. The van der Waals surface area contributed by atoms with Gasteiger partial charge in [0.1, 0.15) is 22.8 Å². The van der Waals surface area contributed by atoms with Crippen molar-refractivity contribution in [1.29, 1.82) is 0 Å². The Hall–Kier alpha value is -4.19. The fourth-order valence-electron chi connectivity index (χ4n) is 6.24. The van der Waals surface area contributed by atoms with Crippen molar-refractivity contribution in [3.8, 4) is 22.8 Å². The molecular formula is C36H41FN6O3S. The number of nitrogens with one attached hydrogen (secondary N) is 3. The predicted octanol–water partition coefficient (Wildman–Crippen LogP) is 5.75. The molecule has 4 aromatic rings. The van der Waals surface area contributed by atoms with Gasteiger partial charge in [0.2, 0.25) is 5.88 Å². The maximum absolute atomic E-state index is 14.3. The summed E-state index contributed by atoms with van der Waals surface area (Å²) in [5, 5.41) is 12.1. The molecule has 0 unspecified atom stereocenters. The number of carbonyl (C=O) groups is 2. The topological polar surface area (TPSA) is 108 Å². The lowest BCUT2D eigenvalue weighted by Gasteiger charge is -2.29. The average molecular weight is 657 g/mol. The first-order chi connectivity index (χ1) is 22.9. The van der Waals surface area contributed by atoms with Gasteiger partial charge in [-0.05, 0) is 86.9 Å². The zero-order valence-corrected chi connectivity index (χ0v) is 27.5. The summed E-state index contributed by atoms with van der Waals surface area (Å²) in [5.41, 5.74) is 3.82. The number of benzene rings is 2. The second-order valence-corrected chi connectivity index (χ2v) is 13.3. The van der Waals surface area contributed by atoms with Crippen LogP contribution < -0.4 is 20.7 Å². The van der Waals surface area contributed by atoms with E-state index in [9.17, 15) is 14.0 Å². The molecule has 1 aliphatic carbocycles. The maximum Gasteiger partial charge on any atom is 0.270 e. The number of carbonyl (C=O) groups excluding carboxylic acids is 2. The van der Waals surface area contributed by atoms with Crippen molar-refractivity contribution >= 4 is 23.2 Å². The minimum atomic E-state index is -0.617. The Labute approximate surface area is 279 Å². The fourth-order valence-corrected chi connectivity index (χ4v) is 6.83. The maximum atomic E-state index is 14.3. The van der Waals surface area contributed by atoms with E-state index in [4.69, 9.17) is 4.74 Å². The summed E-state index contributed by atoms with van der Waals surface area (Å²) >= 11 is 1.44. The predicted molar refractivity (Wildman–Crippen MR) is 182 cm³/mol. The number of aryl methyl sites for hydroxylation is 2. The normalized spacial score (nSPS) is 18.4. The summed E-state index contributed by atoms with van der Waals surface area (Å²) in [6.45, 7) is 7.30. The molecule has 2 fully saturated rings. The summed E-state index contributed by atoms with van der Waals surface area (Å²) in [5.74, 6) is -0.683. The van der Waals surface area contributed by atoms with Crippen molar-refractivity contribution < 1.29 is 18.7 Å². The number of hydrogen-bond donors (Lipinski definition) is 3. The van der Waals surface area contributed by atoms with Gasteiger partial charge in [0.15, 0.2) is 0 Å². The number of thiazole rings is 1. The molecule has 3 heterocycles. The molecule has 2 amide bonds. The van der Waals surface area contributed by atoms with Crippen LogP contribution in [0.2, 0.25) is 0 Å². The molecule has 9 nitrogen and oxygen atoms in total. The van der Waals surface area contributed by atoms with Crippen molar-refractivity contribution in [3.05, 3.63) is 93.8 Å². The lowest BCUT2D eigenvalue weighted by molar-refractivity contribution is 0.0888. The van der Waals surface area contributed by atoms with E-state index >= 15 is 0 Å². The molecule has 0 spiro atoms. The Morgan fingerprint density at radius 2 is 1.68 bits per heavy atom. The van der Waals surface area contributed by atoms with Crippen molar-refractivity contribution in [2.45, 2.75) is 57.5 Å². The van der Waals surface area contributed by atoms with E-state index in [1.54, 1.807) is 11.4 Å². The molecule has 0 radical (unpaired) electrons. The van der Waals surface area contributed by atoms with Gasteiger partial charge < -0.3 is 25.6 Å². The van der Waals surface area contributed by atoms with Crippen molar-refractivity contribution in [3.63, 3.8) is 0 Å². The Balaban J connectivity index is 1.05. The Bertz CT molecular complexity index is 1680. The van der Waals surface area contributed by atoms with E-state index in [1.165, 1.54) is 16.9 Å². The van der Waals surface area contributed by atoms with Gasteiger partial charge >= 0.3 is 0 Å². The first-order valence-corrected chi connectivity index (χ1v) is 17.3. The Morgan fingerprint density at radius 3 is 2.40 bits per heavy atom.